The van der Waals surface area contributed by atoms with Crippen LogP contribution < -0.4 is 4.74 Å². The van der Waals surface area contributed by atoms with Crippen LogP contribution in [0.5, 0.6) is 5.75 Å². The lowest BCUT2D eigenvalue weighted by Gasteiger charge is -2.18. The number of ether oxygens (including phenoxy) is 1. The molecule has 3 rings (SSSR count). The van der Waals surface area contributed by atoms with Gasteiger partial charge in [0, 0.05) is 19.2 Å². The second-order valence-corrected chi connectivity index (χ2v) is 7.81. The normalized spacial score (nSPS) is 11.4. The average molecular weight is 459 g/mol. The van der Waals surface area contributed by atoms with Crippen molar-refractivity contribution in [2.75, 3.05) is 14.2 Å². The first kappa shape index (κ1) is 24.0. The fraction of sp³-hybridized carbons (Fsp3) is 0.292. The molecule has 3 aromatic rings. The molecular weight excluding hydrogens is 435 g/mol. The molecule has 2 aromatic carbocycles. The molecule has 0 fully saturated rings. The molecule has 33 heavy (non-hydrogen) atoms. The van der Waals surface area contributed by atoms with Gasteiger partial charge >= 0.3 is 6.18 Å². The number of amides is 1. The number of hydrogen-bond donors (Lipinski definition) is 0. The highest BCUT2D eigenvalue weighted by Crippen LogP contribution is 2.31. The van der Waals surface area contributed by atoms with Gasteiger partial charge in [-0.2, -0.15) is 18.3 Å². The van der Waals surface area contributed by atoms with Crippen molar-refractivity contribution in [1.29, 1.82) is 0 Å². The van der Waals surface area contributed by atoms with E-state index in [0.29, 0.717) is 5.75 Å². The summed E-state index contributed by atoms with van der Waals surface area (Å²) in [5, 5.41) is 4.23. The molecule has 0 radical (unpaired) electrons. The molecule has 0 saturated heterocycles. The van der Waals surface area contributed by atoms with Crippen LogP contribution in [0.3, 0.4) is 0 Å². The molecule has 0 saturated carbocycles. The van der Waals surface area contributed by atoms with Crippen LogP contribution in [0.25, 0.3) is 5.69 Å². The fourth-order valence-electron chi connectivity index (χ4n) is 3.68. The molecular formula is C24H24F3N3O3. The van der Waals surface area contributed by atoms with E-state index in [9.17, 15) is 22.8 Å². The van der Waals surface area contributed by atoms with Crippen LogP contribution in [0.1, 0.15) is 38.4 Å². The van der Waals surface area contributed by atoms with Crippen LogP contribution >= 0.6 is 0 Å². The first-order valence-electron chi connectivity index (χ1n) is 10.1. The largest absolute Gasteiger partial charge is 0.496 e. The quantitative estimate of drug-likeness (QED) is 0.397. The molecule has 0 bridgehead atoms. The van der Waals surface area contributed by atoms with Crippen LogP contribution in [0.15, 0.2) is 42.5 Å². The fourth-order valence-corrected chi connectivity index (χ4v) is 3.68. The van der Waals surface area contributed by atoms with Crippen molar-refractivity contribution in [3.63, 3.8) is 0 Å². The van der Waals surface area contributed by atoms with Gasteiger partial charge in [-0.15, -0.1) is 0 Å². The second kappa shape index (κ2) is 9.09. The number of Topliss-reactive ketones (excluding diaryl/α,β-unsaturated/α-hetero) is 1. The van der Waals surface area contributed by atoms with Gasteiger partial charge in [0.2, 0.25) is 0 Å². The van der Waals surface area contributed by atoms with Gasteiger partial charge in [0.05, 0.1) is 35.3 Å². The van der Waals surface area contributed by atoms with Crippen molar-refractivity contribution >= 4 is 11.7 Å². The summed E-state index contributed by atoms with van der Waals surface area (Å²) < 4.78 is 45.9. The van der Waals surface area contributed by atoms with Crippen molar-refractivity contribution in [2.45, 2.75) is 33.5 Å². The van der Waals surface area contributed by atoms with E-state index in [1.807, 2.05) is 19.1 Å². The molecule has 174 valence electrons. The Hall–Kier alpha value is -3.62. The summed E-state index contributed by atoms with van der Waals surface area (Å²) in [6.45, 7) is 5.14. The number of benzene rings is 2. The second-order valence-electron chi connectivity index (χ2n) is 7.81. The zero-order valence-corrected chi connectivity index (χ0v) is 18.9. The standard InChI is InChI=1S/C24H24F3N3O3/c1-14-9-10-20(33-5)17(11-14)13-29(4)23(32)22(31)21-15(2)28-30(16(21)3)19-8-6-7-18(12-19)24(25,26)27/h6-12H,13H2,1-5H3. The number of aromatic nitrogens is 2. The van der Waals surface area contributed by atoms with Crippen molar-refractivity contribution < 1.29 is 27.5 Å². The Morgan fingerprint density at radius 2 is 1.79 bits per heavy atom. The molecule has 1 amide bonds. The number of methoxy groups -OCH3 is 1. The van der Waals surface area contributed by atoms with Crippen LogP contribution in [0.4, 0.5) is 13.2 Å². The molecule has 1 heterocycles. The third-order valence-electron chi connectivity index (χ3n) is 5.32. The van der Waals surface area contributed by atoms with Crippen molar-refractivity contribution in [3.8, 4) is 11.4 Å². The van der Waals surface area contributed by atoms with E-state index in [-0.39, 0.29) is 29.2 Å². The lowest BCUT2D eigenvalue weighted by molar-refractivity contribution is -0.137. The number of carbonyl (C=O) groups is 2. The molecule has 0 N–H and O–H groups in total. The van der Waals surface area contributed by atoms with Crippen molar-refractivity contribution in [3.05, 3.63) is 76.1 Å². The molecule has 0 aliphatic rings. The highest BCUT2D eigenvalue weighted by molar-refractivity contribution is 6.43. The summed E-state index contributed by atoms with van der Waals surface area (Å²) in [5.41, 5.74) is 1.65. The number of aryl methyl sites for hydroxylation is 2. The zero-order chi connectivity index (χ0) is 24.5. The smallest absolute Gasteiger partial charge is 0.416 e. The van der Waals surface area contributed by atoms with Gasteiger partial charge in [-0.3, -0.25) is 9.59 Å². The highest BCUT2D eigenvalue weighted by atomic mass is 19.4. The van der Waals surface area contributed by atoms with E-state index < -0.39 is 23.4 Å². The maximum absolute atomic E-state index is 13.1. The van der Waals surface area contributed by atoms with E-state index in [2.05, 4.69) is 5.10 Å². The van der Waals surface area contributed by atoms with Gasteiger partial charge in [-0.1, -0.05) is 23.8 Å². The Balaban J connectivity index is 1.90. The molecule has 9 heteroatoms. The Morgan fingerprint density at radius 1 is 1.09 bits per heavy atom. The average Bonchev–Trinajstić information content (AvgIpc) is 3.06. The predicted molar refractivity (Wildman–Crippen MR) is 117 cm³/mol. The van der Waals surface area contributed by atoms with E-state index in [4.69, 9.17) is 4.74 Å². The first-order valence-corrected chi connectivity index (χ1v) is 10.1. The van der Waals surface area contributed by atoms with E-state index in [0.717, 1.165) is 23.3 Å². The molecule has 1 aromatic heterocycles. The lowest BCUT2D eigenvalue weighted by atomic mass is 10.1. The Kier molecular flexibility index (Phi) is 6.62. The number of alkyl halides is 3. The van der Waals surface area contributed by atoms with Crippen LogP contribution in [0.2, 0.25) is 0 Å². The van der Waals surface area contributed by atoms with Gasteiger partial charge < -0.3 is 9.64 Å². The van der Waals surface area contributed by atoms with Gasteiger partial charge in [0.1, 0.15) is 5.75 Å². The van der Waals surface area contributed by atoms with Crippen molar-refractivity contribution in [1.82, 2.24) is 14.7 Å². The third-order valence-corrected chi connectivity index (χ3v) is 5.32. The number of nitrogens with zero attached hydrogens (tertiary/aromatic N) is 3. The number of carbonyl (C=O) groups excluding carboxylic acids is 2. The minimum Gasteiger partial charge on any atom is -0.496 e. The summed E-state index contributed by atoms with van der Waals surface area (Å²) in [6.07, 6.45) is -4.51. The number of halogens is 3. The van der Waals surface area contributed by atoms with Gasteiger partial charge in [-0.25, -0.2) is 4.68 Å². The number of likely N-dealkylation sites (N-methyl/N-ethyl adjacent to an activating group) is 1. The Morgan fingerprint density at radius 3 is 2.42 bits per heavy atom. The van der Waals surface area contributed by atoms with Gasteiger partial charge in [-0.05, 0) is 45.0 Å². The third kappa shape index (κ3) is 4.92. The van der Waals surface area contributed by atoms with Crippen LogP contribution in [0, 0.1) is 20.8 Å². The van der Waals surface area contributed by atoms with E-state index in [1.54, 1.807) is 19.9 Å². The van der Waals surface area contributed by atoms with Crippen molar-refractivity contribution in [2.24, 2.45) is 0 Å². The maximum Gasteiger partial charge on any atom is 0.416 e. The monoisotopic (exact) mass is 459 g/mol. The maximum atomic E-state index is 13.1. The lowest BCUT2D eigenvalue weighted by Crippen LogP contribution is -2.33. The van der Waals surface area contributed by atoms with Crippen LogP contribution in [-0.4, -0.2) is 40.5 Å². The van der Waals surface area contributed by atoms with E-state index >= 15 is 0 Å². The van der Waals surface area contributed by atoms with Gasteiger partial charge in [0.25, 0.3) is 11.7 Å². The molecule has 0 spiro atoms. The molecule has 0 unspecified atom stereocenters. The van der Waals surface area contributed by atoms with Gasteiger partial charge in [0.15, 0.2) is 0 Å². The Labute approximate surface area is 189 Å². The SMILES string of the molecule is COc1ccc(C)cc1CN(C)C(=O)C(=O)c1c(C)nn(-c2cccc(C(F)(F)F)c2)c1C. The molecule has 6 nitrogen and oxygen atoms in total. The highest BCUT2D eigenvalue weighted by Gasteiger charge is 2.32. The summed E-state index contributed by atoms with van der Waals surface area (Å²) in [5.74, 6) is -0.942. The molecule has 0 aliphatic carbocycles. The summed E-state index contributed by atoms with van der Waals surface area (Å²) in [4.78, 5) is 27.3. The minimum atomic E-state index is -4.51. The number of ketones is 1. The minimum absolute atomic E-state index is 0.0699. The molecule has 0 aliphatic heterocycles. The van der Waals surface area contributed by atoms with Crippen LogP contribution in [-0.2, 0) is 17.5 Å². The first-order chi connectivity index (χ1) is 15.4. The number of rotatable bonds is 6. The predicted octanol–water partition coefficient (Wildman–Crippen LogP) is 4.67. The zero-order valence-electron chi connectivity index (χ0n) is 18.9. The molecule has 0 atom stereocenters. The summed E-state index contributed by atoms with van der Waals surface area (Å²) in [6, 6.07) is 10.2. The van der Waals surface area contributed by atoms with E-state index in [1.165, 1.54) is 35.9 Å². The summed E-state index contributed by atoms with van der Waals surface area (Å²) >= 11 is 0. The Bertz CT molecular complexity index is 1220. The summed E-state index contributed by atoms with van der Waals surface area (Å²) in [7, 11) is 3.03. The topological polar surface area (TPSA) is 64.4 Å². The number of hydrogen-bond acceptors (Lipinski definition) is 4.